The summed E-state index contributed by atoms with van der Waals surface area (Å²) in [5, 5.41) is 4.80. The normalized spacial score (nSPS) is 9.78. The predicted molar refractivity (Wildman–Crippen MR) is 85.2 cm³/mol. The molecule has 0 aliphatic carbocycles. The number of nitrogens with one attached hydrogen (secondary N) is 2. The minimum absolute atomic E-state index is 0.120. The summed E-state index contributed by atoms with van der Waals surface area (Å²) in [6, 6.07) is 12.7. The molecule has 0 heterocycles. The van der Waals surface area contributed by atoms with Crippen LogP contribution in [0.15, 0.2) is 48.5 Å². The highest BCUT2D eigenvalue weighted by Crippen LogP contribution is 2.17. The minimum Gasteiger partial charge on any atom is -0.497 e. The third-order valence-corrected chi connectivity index (χ3v) is 2.97. The van der Waals surface area contributed by atoms with Gasteiger partial charge in [0.05, 0.1) is 18.4 Å². The summed E-state index contributed by atoms with van der Waals surface area (Å²) in [7, 11) is 1.49. The molecule has 0 aliphatic rings. The molecule has 3 amide bonds. The second-order valence-electron chi connectivity index (χ2n) is 4.55. The lowest BCUT2D eigenvalue weighted by molar-refractivity contribution is -0.133. The molecule has 0 radical (unpaired) electrons. The maximum Gasteiger partial charge on any atom is 0.314 e. The van der Waals surface area contributed by atoms with Crippen LogP contribution in [0, 0.1) is 0 Å². The molecule has 0 aromatic heterocycles. The van der Waals surface area contributed by atoms with Gasteiger partial charge in [0.25, 0.3) is 5.91 Å². The van der Waals surface area contributed by atoms with Gasteiger partial charge in [-0.15, -0.1) is 0 Å². The Labute approximate surface area is 132 Å². The van der Waals surface area contributed by atoms with Crippen molar-refractivity contribution < 1.29 is 19.1 Å². The Bertz CT molecular complexity index is 758. The van der Waals surface area contributed by atoms with Gasteiger partial charge in [0.2, 0.25) is 0 Å². The van der Waals surface area contributed by atoms with Crippen LogP contribution in [0.1, 0.15) is 10.4 Å². The van der Waals surface area contributed by atoms with Crippen molar-refractivity contribution in [1.82, 2.24) is 0 Å². The molecule has 2 rings (SSSR count). The highest BCUT2D eigenvalue weighted by atomic mass is 16.5. The number of benzene rings is 2. The molecule has 0 atom stereocenters. The van der Waals surface area contributed by atoms with Crippen molar-refractivity contribution in [2.45, 2.75) is 0 Å². The Balaban J connectivity index is 2.09. The van der Waals surface area contributed by atoms with E-state index >= 15 is 0 Å². The second-order valence-corrected chi connectivity index (χ2v) is 4.55. The van der Waals surface area contributed by atoms with Crippen LogP contribution in [0.5, 0.6) is 5.75 Å². The second kappa shape index (κ2) is 7.08. The fourth-order valence-corrected chi connectivity index (χ4v) is 1.87. The van der Waals surface area contributed by atoms with Crippen LogP contribution in [-0.4, -0.2) is 24.8 Å². The van der Waals surface area contributed by atoms with Crippen LogP contribution in [0.2, 0.25) is 0 Å². The van der Waals surface area contributed by atoms with Crippen molar-refractivity contribution in [3.05, 3.63) is 54.1 Å². The molecule has 0 aliphatic heterocycles. The van der Waals surface area contributed by atoms with E-state index in [1.807, 2.05) is 0 Å². The van der Waals surface area contributed by atoms with Crippen molar-refractivity contribution in [3.8, 4) is 5.75 Å². The highest BCUT2D eigenvalue weighted by Gasteiger charge is 2.17. The first-order valence-electron chi connectivity index (χ1n) is 6.66. The van der Waals surface area contributed by atoms with E-state index in [-0.39, 0.29) is 11.3 Å². The number of anilines is 2. The molecule has 0 saturated heterocycles. The molecule has 2 aromatic carbocycles. The summed E-state index contributed by atoms with van der Waals surface area (Å²) in [5.41, 5.74) is 5.92. The summed E-state index contributed by atoms with van der Waals surface area (Å²) in [4.78, 5) is 35.1. The van der Waals surface area contributed by atoms with Crippen LogP contribution >= 0.6 is 0 Å². The number of para-hydroxylation sites is 1. The Morgan fingerprint density at radius 1 is 0.957 bits per heavy atom. The molecule has 0 bridgehead atoms. The summed E-state index contributed by atoms with van der Waals surface area (Å²) < 4.78 is 5.03. The zero-order valence-corrected chi connectivity index (χ0v) is 12.3. The molecule has 0 fully saturated rings. The number of carbonyl (C=O) groups is 3. The number of hydrogen-bond acceptors (Lipinski definition) is 4. The van der Waals surface area contributed by atoms with E-state index in [0.29, 0.717) is 11.4 Å². The molecule has 4 N–H and O–H groups in total. The molecule has 7 heteroatoms. The van der Waals surface area contributed by atoms with Gasteiger partial charge in [-0.3, -0.25) is 14.4 Å². The van der Waals surface area contributed by atoms with Crippen LogP contribution < -0.4 is 21.1 Å². The van der Waals surface area contributed by atoms with Crippen molar-refractivity contribution in [2.75, 3.05) is 17.7 Å². The van der Waals surface area contributed by atoms with Gasteiger partial charge in [0, 0.05) is 11.8 Å². The summed E-state index contributed by atoms with van der Waals surface area (Å²) >= 11 is 0. The number of nitrogens with two attached hydrogens (primary N) is 1. The van der Waals surface area contributed by atoms with E-state index in [2.05, 4.69) is 10.6 Å². The van der Waals surface area contributed by atoms with Crippen molar-refractivity contribution in [1.29, 1.82) is 0 Å². The largest absolute Gasteiger partial charge is 0.497 e. The number of methoxy groups -OCH3 is 1. The maximum absolute atomic E-state index is 11.9. The van der Waals surface area contributed by atoms with E-state index in [1.54, 1.807) is 36.4 Å². The van der Waals surface area contributed by atoms with Gasteiger partial charge in [-0.05, 0) is 24.3 Å². The monoisotopic (exact) mass is 313 g/mol. The van der Waals surface area contributed by atoms with Gasteiger partial charge >= 0.3 is 11.8 Å². The molecule has 7 nitrogen and oxygen atoms in total. The van der Waals surface area contributed by atoms with Crippen molar-refractivity contribution >= 4 is 29.1 Å². The van der Waals surface area contributed by atoms with E-state index in [4.69, 9.17) is 10.5 Å². The lowest BCUT2D eigenvalue weighted by Gasteiger charge is -2.09. The van der Waals surface area contributed by atoms with Gasteiger partial charge in [0.1, 0.15) is 5.75 Å². The molecule has 0 unspecified atom stereocenters. The SMILES string of the molecule is COc1cccc(NC(=O)C(=O)Nc2ccccc2C(N)=O)c1. The molecule has 0 spiro atoms. The molecule has 23 heavy (non-hydrogen) atoms. The van der Waals surface area contributed by atoms with E-state index in [0.717, 1.165) is 0 Å². The zero-order valence-electron chi connectivity index (χ0n) is 12.3. The van der Waals surface area contributed by atoms with Gasteiger partial charge in [0.15, 0.2) is 0 Å². The average molecular weight is 313 g/mol. The predicted octanol–water partition coefficient (Wildman–Crippen LogP) is 1.37. The molecular formula is C16H15N3O4. The van der Waals surface area contributed by atoms with Gasteiger partial charge in [-0.25, -0.2) is 0 Å². The quantitative estimate of drug-likeness (QED) is 0.740. The first-order valence-corrected chi connectivity index (χ1v) is 6.66. The van der Waals surface area contributed by atoms with E-state index in [9.17, 15) is 14.4 Å². The fourth-order valence-electron chi connectivity index (χ4n) is 1.87. The Morgan fingerprint density at radius 2 is 1.65 bits per heavy atom. The van der Waals surface area contributed by atoms with Crippen LogP contribution in [0.25, 0.3) is 0 Å². The number of hydrogen-bond donors (Lipinski definition) is 3. The highest BCUT2D eigenvalue weighted by molar-refractivity contribution is 6.44. The average Bonchev–Trinajstić information content (AvgIpc) is 2.55. The Kier molecular flexibility index (Phi) is 4.93. The van der Waals surface area contributed by atoms with Crippen LogP contribution in [0.3, 0.4) is 0 Å². The first kappa shape index (κ1) is 16.0. The lowest BCUT2D eigenvalue weighted by Crippen LogP contribution is -2.30. The third kappa shape index (κ3) is 4.07. The summed E-state index contributed by atoms with van der Waals surface area (Å²) in [5.74, 6) is -1.95. The Hall–Kier alpha value is -3.35. The molecular weight excluding hydrogens is 298 g/mol. The number of amides is 3. The van der Waals surface area contributed by atoms with Gasteiger partial charge < -0.3 is 21.1 Å². The number of carbonyl (C=O) groups excluding carboxylic acids is 3. The lowest BCUT2D eigenvalue weighted by atomic mass is 10.1. The van der Waals surface area contributed by atoms with Gasteiger partial charge in [-0.2, -0.15) is 0 Å². The van der Waals surface area contributed by atoms with E-state index in [1.165, 1.54) is 19.2 Å². The fraction of sp³-hybridized carbons (Fsp3) is 0.0625. The van der Waals surface area contributed by atoms with Crippen LogP contribution in [0.4, 0.5) is 11.4 Å². The minimum atomic E-state index is -0.915. The molecule has 118 valence electrons. The topological polar surface area (TPSA) is 111 Å². The maximum atomic E-state index is 11.9. The third-order valence-electron chi connectivity index (χ3n) is 2.97. The smallest absolute Gasteiger partial charge is 0.314 e. The first-order chi connectivity index (χ1) is 11.0. The summed E-state index contributed by atoms with van der Waals surface area (Å²) in [6.07, 6.45) is 0. The summed E-state index contributed by atoms with van der Waals surface area (Å²) in [6.45, 7) is 0. The number of rotatable bonds is 4. The standard InChI is InChI=1S/C16H15N3O4/c1-23-11-6-4-5-10(9-11)18-15(21)16(22)19-13-8-3-2-7-12(13)14(17)20/h2-9H,1H3,(H2,17,20)(H,18,21)(H,19,22). The van der Waals surface area contributed by atoms with E-state index < -0.39 is 17.7 Å². The van der Waals surface area contributed by atoms with Crippen molar-refractivity contribution in [3.63, 3.8) is 0 Å². The van der Waals surface area contributed by atoms with Gasteiger partial charge in [-0.1, -0.05) is 18.2 Å². The Morgan fingerprint density at radius 3 is 2.35 bits per heavy atom. The molecule has 2 aromatic rings. The number of primary amides is 1. The van der Waals surface area contributed by atoms with Crippen LogP contribution in [-0.2, 0) is 9.59 Å². The number of ether oxygens (including phenoxy) is 1. The zero-order chi connectivity index (χ0) is 16.8. The van der Waals surface area contributed by atoms with Crippen molar-refractivity contribution in [2.24, 2.45) is 5.73 Å². The molecule has 0 saturated carbocycles.